The zero-order chi connectivity index (χ0) is 16.8. The lowest BCUT2D eigenvalue weighted by atomic mass is 10.0. The molecule has 0 radical (unpaired) electrons. The van der Waals surface area contributed by atoms with E-state index >= 15 is 0 Å². The molecule has 1 aromatic carbocycles. The van der Waals surface area contributed by atoms with Gasteiger partial charge in [0.05, 0.1) is 6.54 Å². The summed E-state index contributed by atoms with van der Waals surface area (Å²) in [5, 5.41) is 14.6. The molecule has 1 fully saturated rings. The fraction of sp³-hybridized carbons (Fsp3) is 0.438. The first-order valence-corrected chi connectivity index (χ1v) is 7.60. The summed E-state index contributed by atoms with van der Waals surface area (Å²) in [7, 11) is 0. The molecule has 7 nitrogen and oxygen atoms in total. The van der Waals surface area contributed by atoms with Gasteiger partial charge in [-0.1, -0.05) is 12.5 Å². The summed E-state index contributed by atoms with van der Waals surface area (Å²) < 4.78 is 0. The van der Waals surface area contributed by atoms with Crippen LogP contribution >= 0.6 is 12.4 Å². The van der Waals surface area contributed by atoms with Crippen molar-refractivity contribution in [2.45, 2.75) is 32.2 Å². The number of aliphatic carboxylic acids is 1. The van der Waals surface area contributed by atoms with Crippen molar-refractivity contribution >= 4 is 41.6 Å². The third kappa shape index (κ3) is 5.82. The Kier molecular flexibility index (Phi) is 7.67. The van der Waals surface area contributed by atoms with Gasteiger partial charge in [-0.05, 0) is 37.6 Å². The van der Waals surface area contributed by atoms with Crippen molar-refractivity contribution in [3.05, 3.63) is 24.3 Å². The number of anilines is 2. The summed E-state index contributed by atoms with van der Waals surface area (Å²) in [6.45, 7) is 2.06. The van der Waals surface area contributed by atoms with Gasteiger partial charge >= 0.3 is 5.97 Å². The van der Waals surface area contributed by atoms with Crippen molar-refractivity contribution < 1.29 is 19.5 Å². The van der Waals surface area contributed by atoms with Crippen LogP contribution in [0.3, 0.4) is 0 Å². The maximum atomic E-state index is 12.1. The maximum absolute atomic E-state index is 12.1. The van der Waals surface area contributed by atoms with Crippen molar-refractivity contribution in [2.24, 2.45) is 0 Å². The Morgan fingerprint density at radius 3 is 2.50 bits per heavy atom. The molecule has 1 aliphatic heterocycles. The number of benzene rings is 1. The molecule has 1 unspecified atom stereocenters. The van der Waals surface area contributed by atoms with E-state index in [1.165, 1.54) is 6.92 Å². The number of piperidine rings is 1. The third-order valence-electron chi connectivity index (χ3n) is 3.71. The fourth-order valence-corrected chi connectivity index (χ4v) is 2.72. The molecule has 0 saturated carbocycles. The van der Waals surface area contributed by atoms with Crippen molar-refractivity contribution in [1.29, 1.82) is 0 Å². The number of hydrogen-bond donors (Lipinski definition) is 3. The largest absolute Gasteiger partial charge is 0.480 e. The average molecular weight is 356 g/mol. The Bertz CT molecular complexity index is 609. The Morgan fingerprint density at radius 1 is 1.21 bits per heavy atom. The van der Waals surface area contributed by atoms with E-state index in [1.54, 1.807) is 29.2 Å². The molecule has 0 aliphatic carbocycles. The number of carboxylic acid groups (broad SMARTS) is 1. The minimum Gasteiger partial charge on any atom is -0.480 e. The highest BCUT2D eigenvalue weighted by Crippen LogP contribution is 2.18. The van der Waals surface area contributed by atoms with Gasteiger partial charge in [-0.3, -0.25) is 19.3 Å². The van der Waals surface area contributed by atoms with E-state index in [0.29, 0.717) is 24.3 Å². The Labute approximate surface area is 146 Å². The number of amides is 2. The van der Waals surface area contributed by atoms with Crippen LogP contribution in [-0.4, -0.2) is 46.9 Å². The monoisotopic (exact) mass is 355 g/mol. The topological polar surface area (TPSA) is 98.7 Å². The smallest absolute Gasteiger partial charge is 0.320 e. The fourth-order valence-electron chi connectivity index (χ4n) is 2.72. The number of likely N-dealkylation sites (tertiary alicyclic amines) is 1. The van der Waals surface area contributed by atoms with Gasteiger partial charge in [0.1, 0.15) is 6.04 Å². The molecule has 2 rings (SSSR count). The molecule has 1 aromatic rings. The molecule has 1 atom stereocenters. The summed E-state index contributed by atoms with van der Waals surface area (Å²) in [6.07, 6.45) is 2.34. The highest BCUT2D eigenvalue weighted by Gasteiger charge is 2.29. The number of carboxylic acids is 1. The molecule has 1 saturated heterocycles. The normalized spacial score (nSPS) is 17.5. The average Bonchev–Trinajstić information content (AvgIpc) is 2.47. The van der Waals surface area contributed by atoms with E-state index < -0.39 is 12.0 Å². The molecule has 8 heteroatoms. The zero-order valence-corrected chi connectivity index (χ0v) is 14.3. The second-order valence-corrected chi connectivity index (χ2v) is 5.63. The van der Waals surface area contributed by atoms with Crippen molar-refractivity contribution in [2.75, 3.05) is 23.7 Å². The lowest BCUT2D eigenvalue weighted by molar-refractivity contribution is -0.145. The Morgan fingerprint density at radius 2 is 1.88 bits per heavy atom. The van der Waals surface area contributed by atoms with Crippen LogP contribution in [0.25, 0.3) is 0 Å². The number of hydrogen-bond acceptors (Lipinski definition) is 4. The molecule has 2 amide bonds. The van der Waals surface area contributed by atoms with Crippen LogP contribution in [0.4, 0.5) is 11.4 Å². The maximum Gasteiger partial charge on any atom is 0.320 e. The quantitative estimate of drug-likeness (QED) is 0.749. The van der Waals surface area contributed by atoms with Crippen LogP contribution in [0, 0.1) is 0 Å². The SMILES string of the molecule is CC(=O)Nc1cccc(NC(=O)CN2CCCCC2C(=O)O)c1.Cl. The predicted molar refractivity (Wildman–Crippen MR) is 93.5 cm³/mol. The van der Waals surface area contributed by atoms with Gasteiger partial charge in [-0.2, -0.15) is 0 Å². The standard InChI is InChI=1S/C16H21N3O4.ClH/c1-11(20)17-12-5-4-6-13(9-12)18-15(21)10-19-8-3-2-7-14(19)16(22)23;/h4-6,9,14H,2-3,7-8,10H2,1H3,(H,17,20)(H,18,21)(H,22,23);1H. The van der Waals surface area contributed by atoms with Crippen LogP contribution in [0.2, 0.25) is 0 Å². The van der Waals surface area contributed by atoms with Crippen LogP contribution in [0.15, 0.2) is 24.3 Å². The Balaban J connectivity index is 0.00000288. The van der Waals surface area contributed by atoms with E-state index in [9.17, 15) is 19.5 Å². The number of rotatable bonds is 5. The minimum atomic E-state index is -0.884. The molecule has 24 heavy (non-hydrogen) atoms. The van der Waals surface area contributed by atoms with Gasteiger partial charge in [-0.15, -0.1) is 12.4 Å². The van der Waals surface area contributed by atoms with Crippen LogP contribution in [0.5, 0.6) is 0 Å². The van der Waals surface area contributed by atoms with Gasteiger partial charge in [0.25, 0.3) is 0 Å². The molecule has 0 bridgehead atoms. The van der Waals surface area contributed by atoms with E-state index in [2.05, 4.69) is 10.6 Å². The molecule has 3 N–H and O–H groups in total. The third-order valence-corrected chi connectivity index (χ3v) is 3.71. The molecule has 0 spiro atoms. The van der Waals surface area contributed by atoms with Crippen molar-refractivity contribution in [3.63, 3.8) is 0 Å². The van der Waals surface area contributed by atoms with Gasteiger partial charge in [0.2, 0.25) is 11.8 Å². The number of nitrogens with one attached hydrogen (secondary N) is 2. The molecular weight excluding hydrogens is 334 g/mol. The van der Waals surface area contributed by atoms with Crippen LogP contribution < -0.4 is 10.6 Å². The number of nitrogens with zero attached hydrogens (tertiary/aromatic N) is 1. The highest BCUT2D eigenvalue weighted by atomic mass is 35.5. The summed E-state index contributed by atoms with van der Waals surface area (Å²) in [4.78, 5) is 36.1. The van der Waals surface area contributed by atoms with Crippen LogP contribution in [-0.2, 0) is 14.4 Å². The first-order chi connectivity index (χ1) is 11.0. The molecule has 132 valence electrons. The van der Waals surface area contributed by atoms with Crippen molar-refractivity contribution in [1.82, 2.24) is 4.90 Å². The minimum absolute atomic E-state index is 0. The lowest BCUT2D eigenvalue weighted by Crippen LogP contribution is -2.47. The number of carbonyl (C=O) groups is 3. The summed E-state index contributed by atoms with van der Waals surface area (Å²) >= 11 is 0. The van der Waals surface area contributed by atoms with Gasteiger partial charge < -0.3 is 15.7 Å². The zero-order valence-electron chi connectivity index (χ0n) is 13.4. The van der Waals surface area contributed by atoms with E-state index in [4.69, 9.17) is 0 Å². The number of halogens is 1. The second kappa shape index (κ2) is 9.24. The van der Waals surface area contributed by atoms with E-state index in [-0.39, 0.29) is 30.8 Å². The summed E-state index contributed by atoms with van der Waals surface area (Å²) in [6, 6.07) is 6.22. The summed E-state index contributed by atoms with van der Waals surface area (Å²) in [5.74, 6) is -1.34. The van der Waals surface area contributed by atoms with E-state index in [0.717, 1.165) is 12.8 Å². The van der Waals surface area contributed by atoms with Gasteiger partial charge in [0, 0.05) is 18.3 Å². The number of carbonyl (C=O) groups excluding carboxylic acids is 2. The summed E-state index contributed by atoms with van der Waals surface area (Å²) in [5.41, 5.74) is 1.15. The highest BCUT2D eigenvalue weighted by molar-refractivity contribution is 5.94. The first kappa shape index (κ1) is 19.9. The van der Waals surface area contributed by atoms with Gasteiger partial charge in [0.15, 0.2) is 0 Å². The Hall–Kier alpha value is -2.12. The predicted octanol–water partition coefficient (Wildman–Crippen LogP) is 1.94. The van der Waals surface area contributed by atoms with E-state index in [1.807, 2.05) is 0 Å². The second-order valence-electron chi connectivity index (χ2n) is 5.63. The van der Waals surface area contributed by atoms with Crippen molar-refractivity contribution in [3.8, 4) is 0 Å². The van der Waals surface area contributed by atoms with Gasteiger partial charge in [-0.25, -0.2) is 0 Å². The molecule has 1 aliphatic rings. The lowest BCUT2D eigenvalue weighted by Gasteiger charge is -2.32. The first-order valence-electron chi connectivity index (χ1n) is 7.60. The van der Waals surface area contributed by atoms with Crippen LogP contribution in [0.1, 0.15) is 26.2 Å². The molecule has 0 aromatic heterocycles. The molecule has 1 heterocycles. The molecular formula is C16H22ClN3O4.